The number of nitrogens with two attached hydrogens (primary N) is 1. The van der Waals surface area contributed by atoms with Crippen LogP contribution in [-0.4, -0.2) is 17.4 Å². The molecule has 0 aliphatic rings. The summed E-state index contributed by atoms with van der Waals surface area (Å²) in [7, 11) is 0. The average molecular weight is 211 g/mol. The van der Waals surface area contributed by atoms with E-state index in [-0.39, 0.29) is 11.8 Å². The summed E-state index contributed by atoms with van der Waals surface area (Å²) in [5.41, 5.74) is 5.83. The minimum atomic E-state index is -0.567. The summed E-state index contributed by atoms with van der Waals surface area (Å²) in [6, 6.07) is 2.67. The van der Waals surface area contributed by atoms with Crippen molar-refractivity contribution in [3.8, 4) is 0 Å². The zero-order chi connectivity index (χ0) is 11.3. The van der Waals surface area contributed by atoms with Gasteiger partial charge in [0.2, 0.25) is 11.9 Å². The van der Waals surface area contributed by atoms with Crippen LogP contribution in [0.15, 0.2) is 18.3 Å². The number of nitrogens with zero attached hydrogens (tertiary/aromatic N) is 1. The summed E-state index contributed by atoms with van der Waals surface area (Å²) in [5, 5.41) is 2.63. The largest absolute Gasteiger partial charge is 0.330 e. The normalized spacial score (nSPS) is 12.2. The van der Waals surface area contributed by atoms with E-state index in [1.165, 1.54) is 18.3 Å². The molecule has 3 N–H and O–H groups in total. The van der Waals surface area contributed by atoms with Crippen LogP contribution in [0.5, 0.6) is 0 Å². The zero-order valence-corrected chi connectivity index (χ0v) is 8.53. The maximum Gasteiger partial charge on any atom is 0.227 e. The fourth-order valence-electron chi connectivity index (χ4n) is 1.10. The zero-order valence-electron chi connectivity index (χ0n) is 8.53. The predicted octanol–water partition coefficient (Wildman–Crippen LogP) is 1.14. The third-order valence-electron chi connectivity index (χ3n) is 2.04. The summed E-state index contributed by atoms with van der Waals surface area (Å²) >= 11 is 0. The molecule has 0 saturated carbocycles. The molecular weight excluding hydrogens is 197 g/mol. The fourth-order valence-corrected chi connectivity index (χ4v) is 1.10. The van der Waals surface area contributed by atoms with E-state index in [9.17, 15) is 9.18 Å². The number of pyridine rings is 1. The Bertz CT molecular complexity index is 326. The first-order chi connectivity index (χ1) is 7.13. The van der Waals surface area contributed by atoms with Crippen molar-refractivity contribution in [2.24, 2.45) is 11.7 Å². The molecule has 0 aliphatic heterocycles. The minimum absolute atomic E-state index is 0.131. The van der Waals surface area contributed by atoms with E-state index < -0.39 is 5.95 Å². The van der Waals surface area contributed by atoms with Crippen molar-refractivity contribution in [1.82, 2.24) is 4.98 Å². The van der Waals surface area contributed by atoms with Crippen molar-refractivity contribution in [3.63, 3.8) is 0 Å². The molecule has 82 valence electrons. The molecule has 5 heteroatoms. The van der Waals surface area contributed by atoms with Crippen LogP contribution in [-0.2, 0) is 4.79 Å². The van der Waals surface area contributed by atoms with Crippen LogP contribution in [0.3, 0.4) is 0 Å². The number of aromatic nitrogens is 1. The first-order valence-corrected chi connectivity index (χ1v) is 4.76. The van der Waals surface area contributed by atoms with Crippen LogP contribution >= 0.6 is 0 Å². The lowest BCUT2D eigenvalue weighted by Crippen LogP contribution is -2.22. The molecule has 1 rings (SSSR count). The summed E-state index contributed by atoms with van der Waals surface area (Å²) in [4.78, 5) is 14.9. The monoisotopic (exact) mass is 211 g/mol. The number of carbonyl (C=O) groups is 1. The Morgan fingerprint density at radius 2 is 2.40 bits per heavy atom. The smallest absolute Gasteiger partial charge is 0.227 e. The van der Waals surface area contributed by atoms with Gasteiger partial charge in [0.15, 0.2) is 0 Å². The average Bonchev–Trinajstić information content (AvgIpc) is 2.22. The molecule has 4 nitrogen and oxygen atoms in total. The van der Waals surface area contributed by atoms with E-state index in [0.29, 0.717) is 18.7 Å². The van der Waals surface area contributed by atoms with Gasteiger partial charge in [-0.15, -0.1) is 0 Å². The van der Waals surface area contributed by atoms with Gasteiger partial charge in [0.25, 0.3) is 0 Å². The van der Waals surface area contributed by atoms with Gasteiger partial charge in [0.1, 0.15) is 0 Å². The van der Waals surface area contributed by atoms with Gasteiger partial charge >= 0.3 is 0 Å². The van der Waals surface area contributed by atoms with Gasteiger partial charge in [0.05, 0.1) is 11.9 Å². The highest BCUT2D eigenvalue weighted by molar-refractivity contribution is 5.92. The van der Waals surface area contributed by atoms with Crippen LogP contribution < -0.4 is 11.1 Å². The molecule has 1 heterocycles. The maximum atomic E-state index is 12.5. The van der Waals surface area contributed by atoms with Gasteiger partial charge in [-0.3, -0.25) is 4.79 Å². The summed E-state index contributed by atoms with van der Waals surface area (Å²) in [6.07, 6.45) is 1.91. The molecular formula is C10H14FN3O. The third kappa shape index (κ3) is 3.63. The second kappa shape index (κ2) is 5.41. The predicted molar refractivity (Wildman–Crippen MR) is 55.7 cm³/mol. The minimum Gasteiger partial charge on any atom is -0.330 e. The van der Waals surface area contributed by atoms with Gasteiger partial charge < -0.3 is 11.1 Å². The standard InChI is InChI=1S/C10H14FN3O/c1-7(4-5-12)10(15)14-8-2-3-9(11)13-6-8/h2-3,6-7H,4-5,12H2,1H3,(H,14,15). The highest BCUT2D eigenvalue weighted by atomic mass is 19.1. The fraction of sp³-hybridized carbons (Fsp3) is 0.400. The molecule has 1 atom stereocenters. The molecule has 0 radical (unpaired) electrons. The molecule has 0 aromatic carbocycles. The number of nitrogens with one attached hydrogen (secondary N) is 1. The Labute approximate surface area is 87.7 Å². The number of rotatable bonds is 4. The number of carbonyl (C=O) groups excluding carboxylic acids is 1. The van der Waals surface area contributed by atoms with Gasteiger partial charge in [-0.25, -0.2) is 4.98 Å². The Morgan fingerprint density at radius 3 is 2.93 bits per heavy atom. The highest BCUT2D eigenvalue weighted by Crippen LogP contribution is 2.09. The van der Waals surface area contributed by atoms with Crippen LogP contribution in [0.2, 0.25) is 0 Å². The highest BCUT2D eigenvalue weighted by Gasteiger charge is 2.11. The Balaban J connectivity index is 2.54. The van der Waals surface area contributed by atoms with Crippen molar-refractivity contribution < 1.29 is 9.18 Å². The molecule has 0 aliphatic carbocycles. The summed E-state index contributed by atoms with van der Waals surface area (Å²) in [6.45, 7) is 2.26. The molecule has 0 saturated heterocycles. The Kier molecular flexibility index (Phi) is 4.17. The number of hydrogen-bond donors (Lipinski definition) is 2. The summed E-state index contributed by atoms with van der Waals surface area (Å²) < 4.78 is 12.5. The van der Waals surface area contributed by atoms with E-state index in [2.05, 4.69) is 10.3 Å². The number of anilines is 1. The summed E-state index contributed by atoms with van der Waals surface area (Å²) in [5.74, 6) is -0.850. The second-order valence-electron chi connectivity index (χ2n) is 3.34. The second-order valence-corrected chi connectivity index (χ2v) is 3.34. The quantitative estimate of drug-likeness (QED) is 0.734. The van der Waals surface area contributed by atoms with E-state index >= 15 is 0 Å². The van der Waals surface area contributed by atoms with E-state index in [1.54, 1.807) is 6.92 Å². The molecule has 15 heavy (non-hydrogen) atoms. The first-order valence-electron chi connectivity index (χ1n) is 4.76. The molecule has 1 amide bonds. The third-order valence-corrected chi connectivity index (χ3v) is 2.04. The lowest BCUT2D eigenvalue weighted by Gasteiger charge is -2.10. The van der Waals surface area contributed by atoms with Crippen LogP contribution in [0, 0.1) is 11.9 Å². The SMILES string of the molecule is CC(CCN)C(=O)Nc1ccc(F)nc1. The topological polar surface area (TPSA) is 68.0 Å². The lowest BCUT2D eigenvalue weighted by molar-refractivity contribution is -0.119. The molecule has 0 bridgehead atoms. The van der Waals surface area contributed by atoms with E-state index in [1.807, 2.05) is 0 Å². The van der Waals surface area contributed by atoms with Crippen LogP contribution in [0.1, 0.15) is 13.3 Å². The van der Waals surface area contributed by atoms with Crippen molar-refractivity contribution in [1.29, 1.82) is 0 Å². The molecule has 1 aromatic heterocycles. The molecule has 1 aromatic rings. The lowest BCUT2D eigenvalue weighted by atomic mass is 10.1. The van der Waals surface area contributed by atoms with Gasteiger partial charge in [-0.2, -0.15) is 4.39 Å². The Hall–Kier alpha value is -1.49. The maximum absolute atomic E-state index is 12.5. The molecule has 0 spiro atoms. The van der Waals surface area contributed by atoms with Gasteiger partial charge in [-0.1, -0.05) is 6.92 Å². The van der Waals surface area contributed by atoms with E-state index in [0.717, 1.165) is 0 Å². The van der Waals surface area contributed by atoms with Crippen LogP contribution in [0.4, 0.5) is 10.1 Å². The van der Waals surface area contributed by atoms with E-state index in [4.69, 9.17) is 5.73 Å². The number of halogens is 1. The molecule has 1 unspecified atom stereocenters. The van der Waals surface area contributed by atoms with Crippen molar-refractivity contribution in [2.45, 2.75) is 13.3 Å². The van der Waals surface area contributed by atoms with Gasteiger partial charge in [0, 0.05) is 5.92 Å². The van der Waals surface area contributed by atoms with Gasteiger partial charge in [-0.05, 0) is 25.1 Å². The number of amides is 1. The Morgan fingerprint density at radius 1 is 1.67 bits per heavy atom. The van der Waals surface area contributed by atoms with Crippen molar-refractivity contribution in [3.05, 3.63) is 24.3 Å². The van der Waals surface area contributed by atoms with Crippen molar-refractivity contribution in [2.75, 3.05) is 11.9 Å². The van der Waals surface area contributed by atoms with Crippen molar-refractivity contribution >= 4 is 11.6 Å². The number of hydrogen-bond acceptors (Lipinski definition) is 3. The van der Waals surface area contributed by atoms with Crippen LogP contribution in [0.25, 0.3) is 0 Å². The first kappa shape index (κ1) is 11.6. The molecule has 0 fully saturated rings.